The zero-order valence-corrected chi connectivity index (χ0v) is 14.8. The maximum atomic E-state index is 5.82. The zero-order chi connectivity index (χ0) is 16.8. The second-order valence-corrected chi connectivity index (χ2v) is 7.10. The molecule has 4 heteroatoms. The Morgan fingerprint density at radius 3 is 2.46 bits per heavy atom. The minimum atomic E-state index is 0.262. The van der Waals surface area contributed by atoms with E-state index < -0.39 is 0 Å². The molecule has 0 aliphatic heterocycles. The van der Waals surface area contributed by atoms with Crippen molar-refractivity contribution >= 4 is 11.3 Å². The van der Waals surface area contributed by atoms with Gasteiger partial charge in [-0.2, -0.15) is 0 Å². The molecule has 124 valence electrons. The van der Waals surface area contributed by atoms with Gasteiger partial charge in [0.15, 0.2) is 0 Å². The summed E-state index contributed by atoms with van der Waals surface area (Å²) < 4.78 is 5.82. The number of aryl methyl sites for hydroxylation is 1. The lowest BCUT2D eigenvalue weighted by Gasteiger charge is -2.12. The van der Waals surface area contributed by atoms with Crippen LogP contribution < -0.4 is 10.1 Å². The summed E-state index contributed by atoms with van der Waals surface area (Å²) in [5, 5.41) is 4.65. The van der Waals surface area contributed by atoms with Crippen molar-refractivity contribution in [2.75, 3.05) is 0 Å². The molecule has 1 aromatic heterocycles. The number of nitrogens with one attached hydrogen (secondary N) is 1. The van der Waals surface area contributed by atoms with Gasteiger partial charge in [-0.3, -0.25) is 0 Å². The van der Waals surface area contributed by atoms with Gasteiger partial charge in [-0.15, -0.1) is 11.3 Å². The maximum Gasteiger partial charge on any atom is 0.119 e. The van der Waals surface area contributed by atoms with Crippen LogP contribution in [0.1, 0.15) is 34.0 Å². The van der Waals surface area contributed by atoms with Crippen molar-refractivity contribution in [2.45, 2.75) is 33.0 Å². The number of benzene rings is 2. The first-order valence-corrected chi connectivity index (χ1v) is 8.94. The first-order valence-electron chi connectivity index (χ1n) is 8.12. The summed E-state index contributed by atoms with van der Waals surface area (Å²) in [7, 11) is 0. The molecule has 3 nitrogen and oxygen atoms in total. The van der Waals surface area contributed by atoms with E-state index in [0.717, 1.165) is 17.3 Å². The highest BCUT2D eigenvalue weighted by molar-refractivity contribution is 7.11. The van der Waals surface area contributed by atoms with E-state index in [0.29, 0.717) is 6.61 Å². The first kappa shape index (κ1) is 16.7. The fourth-order valence-corrected chi connectivity index (χ4v) is 3.18. The van der Waals surface area contributed by atoms with Crippen LogP contribution in [0.2, 0.25) is 0 Å². The summed E-state index contributed by atoms with van der Waals surface area (Å²) in [6.45, 7) is 5.65. The first-order chi connectivity index (χ1) is 11.7. The van der Waals surface area contributed by atoms with Crippen LogP contribution >= 0.6 is 11.3 Å². The zero-order valence-electron chi connectivity index (χ0n) is 14.0. The molecule has 1 heterocycles. The van der Waals surface area contributed by atoms with Gasteiger partial charge in [-0.05, 0) is 37.1 Å². The van der Waals surface area contributed by atoms with Crippen molar-refractivity contribution in [3.8, 4) is 5.75 Å². The summed E-state index contributed by atoms with van der Waals surface area (Å²) >= 11 is 1.74. The molecule has 0 radical (unpaired) electrons. The molecule has 24 heavy (non-hydrogen) atoms. The van der Waals surface area contributed by atoms with Gasteiger partial charge in [0.1, 0.15) is 17.4 Å². The Labute approximate surface area is 147 Å². The lowest BCUT2D eigenvalue weighted by Crippen LogP contribution is -2.17. The van der Waals surface area contributed by atoms with Gasteiger partial charge < -0.3 is 10.1 Å². The van der Waals surface area contributed by atoms with E-state index >= 15 is 0 Å². The van der Waals surface area contributed by atoms with Crippen LogP contribution in [0.5, 0.6) is 5.75 Å². The molecule has 0 saturated heterocycles. The van der Waals surface area contributed by atoms with Crippen LogP contribution in [0.15, 0.2) is 60.8 Å². The average Bonchev–Trinajstić information content (AvgIpc) is 3.06. The quantitative estimate of drug-likeness (QED) is 0.666. The summed E-state index contributed by atoms with van der Waals surface area (Å²) in [5.74, 6) is 0.895. The molecule has 0 bridgehead atoms. The molecule has 0 saturated carbocycles. The Balaban J connectivity index is 1.49. The highest BCUT2D eigenvalue weighted by Crippen LogP contribution is 2.20. The fourth-order valence-electron chi connectivity index (χ4n) is 2.38. The molecule has 2 aromatic carbocycles. The number of thiazole rings is 1. The molecule has 3 aromatic rings. The summed E-state index contributed by atoms with van der Waals surface area (Å²) in [4.78, 5) is 5.68. The maximum absolute atomic E-state index is 5.82. The van der Waals surface area contributed by atoms with E-state index in [-0.39, 0.29) is 6.04 Å². The van der Waals surface area contributed by atoms with Crippen LogP contribution in [0.3, 0.4) is 0 Å². The number of hydrogen-bond acceptors (Lipinski definition) is 4. The molecule has 0 aliphatic carbocycles. The molecule has 0 aliphatic rings. The monoisotopic (exact) mass is 338 g/mol. The van der Waals surface area contributed by atoms with Gasteiger partial charge in [-0.1, -0.05) is 42.5 Å². The van der Waals surface area contributed by atoms with Crippen LogP contribution in [-0.2, 0) is 13.2 Å². The van der Waals surface area contributed by atoms with E-state index in [4.69, 9.17) is 4.74 Å². The van der Waals surface area contributed by atoms with Crippen molar-refractivity contribution in [1.29, 1.82) is 0 Å². The van der Waals surface area contributed by atoms with Crippen molar-refractivity contribution in [3.63, 3.8) is 0 Å². The van der Waals surface area contributed by atoms with Crippen LogP contribution in [0, 0.1) is 6.92 Å². The van der Waals surface area contributed by atoms with Gasteiger partial charge in [0, 0.05) is 17.6 Å². The number of ether oxygens (including phenoxy) is 1. The minimum absolute atomic E-state index is 0.262. The van der Waals surface area contributed by atoms with Crippen molar-refractivity contribution in [3.05, 3.63) is 81.8 Å². The molecule has 0 spiro atoms. The normalized spacial score (nSPS) is 12.1. The van der Waals surface area contributed by atoms with Gasteiger partial charge in [0.2, 0.25) is 0 Å². The summed E-state index contributed by atoms with van der Waals surface area (Å²) in [6, 6.07) is 18.7. The number of aromatic nitrogens is 1. The fraction of sp³-hybridized carbons (Fsp3) is 0.250. The third-order valence-corrected chi connectivity index (χ3v) is 4.89. The lowest BCUT2D eigenvalue weighted by molar-refractivity contribution is 0.306. The Bertz CT molecular complexity index is 753. The highest BCUT2D eigenvalue weighted by Gasteiger charge is 2.08. The average molecular weight is 338 g/mol. The Morgan fingerprint density at radius 1 is 1.04 bits per heavy atom. The van der Waals surface area contributed by atoms with Crippen LogP contribution in [-0.4, -0.2) is 4.98 Å². The van der Waals surface area contributed by atoms with Gasteiger partial charge >= 0.3 is 0 Å². The standard InChI is InChI=1S/C20H22N2OS/c1-15-12-22-20(24-15)16(2)21-13-17-8-10-19(11-9-17)23-14-18-6-4-3-5-7-18/h3-12,16,21H,13-14H2,1-2H3. The van der Waals surface area contributed by atoms with Crippen LogP contribution in [0.25, 0.3) is 0 Å². The molecule has 1 unspecified atom stereocenters. The second-order valence-electron chi connectivity index (χ2n) is 5.83. The van der Waals surface area contributed by atoms with Crippen LogP contribution in [0.4, 0.5) is 0 Å². The molecule has 0 fully saturated rings. The largest absolute Gasteiger partial charge is 0.489 e. The molecule has 1 N–H and O–H groups in total. The second kappa shape index (κ2) is 8.08. The van der Waals surface area contributed by atoms with E-state index in [1.807, 2.05) is 36.5 Å². The minimum Gasteiger partial charge on any atom is -0.489 e. The molecule has 1 atom stereocenters. The lowest BCUT2D eigenvalue weighted by atomic mass is 10.2. The van der Waals surface area contributed by atoms with Crippen molar-refractivity contribution in [1.82, 2.24) is 10.3 Å². The SMILES string of the molecule is Cc1cnc(C(C)NCc2ccc(OCc3ccccc3)cc2)s1. The third-order valence-electron chi connectivity index (χ3n) is 3.79. The predicted molar refractivity (Wildman–Crippen MR) is 99.3 cm³/mol. The van der Waals surface area contributed by atoms with Gasteiger partial charge in [-0.25, -0.2) is 4.98 Å². The number of rotatable bonds is 7. The predicted octanol–water partition coefficient (Wildman–Crippen LogP) is 4.88. The highest BCUT2D eigenvalue weighted by atomic mass is 32.1. The topological polar surface area (TPSA) is 34.2 Å². The van der Waals surface area contributed by atoms with Crippen molar-refractivity contribution in [2.24, 2.45) is 0 Å². The molecule has 0 amide bonds. The smallest absolute Gasteiger partial charge is 0.119 e. The molecular weight excluding hydrogens is 316 g/mol. The van der Waals surface area contributed by atoms with E-state index in [9.17, 15) is 0 Å². The van der Waals surface area contributed by atoms with E-state index in [1.54, 1.807) is 11.3 Å². The van der Waals surface area contributed by atoms with Gasteiger partial charge in [0.05, 0.1) is 6.04 Å². The Morgan fingerprint density at radius 2 is 1.79 bits per heavy atom. The number of nitrogens with zero attached hydrogens (tertiary/aromatic N) is 1. The van der Waals surface area contributed by atoms with Crippen molar-refractivity contribution < 1.29 is 4.74 Å². The van der Waals surface area contributed by atoms with E-state index in [1.165, 1.54) is 16.0 Å². The Hall–Kier alpha value is -2.17. The van der Waals surface area contributed by atoms with Gasteiger partial charge in [0.25, 0.3) is 0 Å². The number of hydrogen-bond donors (Lipinski definition) is 1. The summed E-state index contributed by atoms with van der Waals surface area (Å²) in [5.41, 5.74) is 2.41. The Kier molecular flexibility index (Phi) is 5.62. The molecule has 3 rings (SSSR count). The summed E-state index contributed by atoms with van der Waals surface area (Å²) in [6.07, 6.45) is 1.93. The van der Waals surface area contributed by atoms with E-state index in [2.05, 4.69) is 48.4 Å². The third kappa shape index (κ3) is 4.66. The molecular formula is C20H22N2OS.